The average molecular weight is 350 g/mol. The number of carbonyl (C=O) groups excluding carboxylic acids is 1. The van der Waals surface area contributed by atoms with Crippen LogP contribution in [0, 0.1) is 0 Å². The molecular formula is C21H16ClNO2. The maximum Gasteiger partial charge on any atom is 0.260 e. The molecule has 0 bridgehead atoms. The zero-order chi connectivity index (χ0) is 18.0. The highest BCUT2D eigenvalue weighted by molar-refractivity contribution is 6.31. The molecule has 124 valence electrons. The topological polar surface area (TPSA) is 49.9 Å². The second-order valence-corrected chi connectivity index (χ2v) is 6.24. The van der Waals surface area contributed by atoms with Gasteiger partial charge in [-0.15, -0.1) is 0 Å². The van der Waals surface area contributed by atoms with Crippen LogP contribution in [-0.4, -0.2) is 10.8 Å². The molecule has 0 saturated heterocycles. The summed E-state index contributed by atoms with van der Waals surface area (Å²) in [6.07, 6.45) is 2.97. The predicted octanol–water partition coefficient (Wildman–Crippen LogP) is 5.16. The molecule has 3 aromatic rings. The van der Waals surface area contributed by atoms with E-state index >= 15 is 0 Å². The van der Waals surface area contributed by atoms with Crippen LogP contribution in [0.25, 0.3) is 22.0 Å². The number of ketones is 1. The number of hydrogen-bond donors (Lipinski definition) is 1. The zero-order valence-corrected chi connectivity index (χ0v) is 14.4. The highest BCUT2D eigenvalue weighted by Gasteiger charge is 2.19. The van der Waals surface area contributed by atoms with Crippen molar-refractivity contribution in [2.45, 2.75) is 6.92 Å². The molecule has 0 aliphatic heterocycles. The van der Waals surface area contributed by atoms with Crippen LogP contribution >= 0.6 is 11.6 Å². The highest BCUT2D eigenvalue weighted by Crippen LogP contribution is 2.31. The molecule has 0 aliphatic carbocycles. The fourth-order valence-corrected chi connectivity index (χ4v) is 2.88. The molecule has 1 heterocycles. The number of allylic oxidation sites excluding steroid dienone is 3. The van der Waals surface area contributed by atoms with Gasteiger partial charge in [0, 0.05) is 21.5 Å². The number of aromatic amines is 1. The van der Waals surface area contributed by atoms with Crippen LogP contribution < -0.4 is 5.56 Å². The van der Waals surface area contributed by atoms with Gasteiger partial charge in [0.1, 0.15) is 0 Å². The van der Waals surface area contributed by atoms with E-state index in [2.05, 4.69) is 11.6 Å². The molecule has 0 radical (unpaired) electrons. The fraction of sp³-hybridized carbons (Fsp3) is 0.0476. The van der Waals surface area contributed by atoms with Gasteiger partial charge >= 0.3 is 0 Å². The van der Waals surface area contributed by atoms with Crippen molar-refractivity contribution in [2.24, 2.45) is 0 Å². The van der Waals surface area contributed by atoms with E-state index in [1.165, 1.54) is 6.08 Å². The third-order valence-corrected chi connectivity index (χ3v) is 4.04. The van der Waals surface area contributed by atoms with Crippen molar-refractivity contribution in [1.29, 1.82) is 0 Å². The van der Waals surface area contributed by atoms with Crippen molar-refractivity contribution in [3.8, 4) is 11.1 Å². The Morgan fingerprint density at radius 1 is 1.12 bits per heavy atom. The number of H-pyrrole nitrogens is 1. The van der Waals surface area contributed by atoms with E-state index in [0.717, 1.165) is 16.5 Å². The van der Waals surface area contributed by atoms with E-state index in [4.69, 9.17) is 11.6 Å². The van der Waals surface area contributed by atoms with Crippen LogP contribution in [0.1, 0.15) is 17.3 Å². The number of halogens is 1. The molecule has 1 aromatic heterocycles. The van der Waals surface area contributed by atoms with Crippen LogP contribution in [0.2, 0.25) is 5.02 Å². The number of rotatable bonds is 4. The van der Waals surface area contributed by atoms with E-state index in [1.807, 2.05) is 30.3 Å². The quantitative estimate of drug-likeness (QED) is 0.401. The first-order valence-corrected chi connectivity index (χ1v) is 8.14. The first-order chi connectivity index (χ1) is 12.0. The number of carbonyl (C=O) groups is 1. The molecule has 3 nitrogen and oxygen atoms in total. The summed E-state index contributed by atoms with van der Waals surface area (Å²) in [7, 11) is 0. The van der Waals surface area contributed by atoms with Crippen LogP contribution in [0.5, 0.6) is 0 Å². The molecule has 25 heavy (non-hydrogen) atoms. The highest BCUT2D eigenvalue weighted by atomic mass is 35.5. The Labute approximate surface area is 150 Å². The summed E-state index contributed by atoms with van der Waals surface area (Å²) in [6, 6.07) is 14.6. The van der Waals surface area contributed by atoms with Crippen molar-refractivity contribution in [3.63, 3.8) is 0 Å². The first-order valence-electron chi connectivity index (χ1n) is 7.76. The zero-order valence-electron chi connectivity index (χ0n) is 13.7. The summed E-state index contributed by atoms with van der Waals surface area (Å²) in [5, 5.41) is 1.26. The van der Waals surface area contributed by atoms with Crippen LogP contribution in [0.15, 0.2) is 77.6 Å². The molecule has 0 aliphatic rings. The maximum atomic E-state index is 12.7. The molecule has 1 N–H and O–H groups in total. The predicted molar refractivity (Wildman–Crippen MR) is 103 cm³/mol. The summed E-state index contributed by atoms with van der Waals surface area (Å²) < 4.78 is 0. The minimum Gasteiger partial charge on any atom is -0.321 e. The van der Waals surface area contributed by atoms with Gasteiger partial charge in [0.2, 0.25) is 0 Å². The third kappa shape index (κ3) is 3.47. The Kier molecular flexibility index (Phi) is 4.68. The summed E-state index contributed by atoms with van der Waals surface area (Å²) in [4.78, 5) is 28.1. The average Bonchev–Trinajstić information content (AvgIpc) is 2.59. The Balaban J connectivity index is 2.39. The van der Waals surface area contributed by atoms with E-state index in [0.29, 0.717) is 16.1 Å². The molecule has 0 spiro atoms. The van der Waals surface area contributed by atoms with Crippen LogP contribution in [0.4, 0.5) is 0 Å². The van der Waals surface area contributed by atoms with Gasteiger partial charge in [0.05, 0.1) is 5.56 Å². The first kappa shape index (κ1) is 16.9. The lowest BCUT2D eigenvalue weighted by atomic mass is 9.94. The number of hydrogen-bond acceptors (Lipinski definition) is 2. The Morgan fingerprint density at radius 3 is 2.52 bits per heavy atom. The number of nitrogens with one attached hydrogen (secondary N) is 1. The normalized spacial score (nSPS) is 11.1. The van der Waals surface area contributed by atoms with Gasteiger partial charge in [-0.25, -0.2) is 0 Å². The molecule has 2 aromatic carbocycles. The van der Waals surface area contributed by atoms with Crippen molar-refractivity contribution < 1.29 is 4.79 Å². The van der Waals surface area contributed by atoms with Gasteiger partial charge in [0.15, 0.2) is 5.78 Å². The van der Waals surface area contributed by atoms with E-state index < -0.39 is 5.56 Å². The molecule has 3 rings (SSSR count). The van der Waals surface area contributed by atoms with E-state index in [9.17, 15) is 9.59 Å². The fourth-order valence-electron chi connectivity index (χ4n) is 2.71. The van der Waals surface area contributed by atoms with Crippen molar-refractivity contribution in [3.05, 3.63) is 93.8 Å². The Bertz CT molecular complexity index is 1060. The summed E-state index contributed by atoms with van der Waals surface area (Å²) in [6.45, 7) is 5.53. The number of benzene rings is 2. The molecule has 0 fully saturated rings. The SMILES string of the molecule is C=C(C)/C=C/C(=O)c1c(-c2ccccc2)c2cc(Cl)ccc2[nH]c1=O. The summed E-state index contributed by atoms with van der Waals surface area (Å²) in [5.74, 6) is -0.370. The van der Waals surface area contributed by atoms with Gasteiger partial charge in [-0.2, -0.15) is 0 Å². The van der Waals surface area contributed by atoms with E-state index in [1.54, 1.807) is 31.2 Å². The molecule has 0 saturated carbocycles. The van der Waals surface area contributed by atoms with Crippen LogP contribution in [0.3, 0.4) is 0 Å². The maximum absolute atomic E-state index is 12.7. The van der Waals surface area contributed by atoms with Gasteiger partial charge in [-0.1, -0.05) is 60.2 Å². The molecule has 0 amide bonds. The smallest absolute Gasteiger partial charge is 0.260 e. The number of pyridine rings is 1. The standard InChI is InChI=1S/C21H16ClNO2/c1-13(2)8-11-18(24)20-19(14-6-4-3-5-7-14)16-12-15(22)9-10-17(16)23-21(20)25/h3-12H,1H2,2H3,(H,23,25)/b11-8+. The lowest BCUT2D eigenvalue weighted by molar-refractivity contribution is 0.104. The van der Waals surface area contributed by atoms with Crippen molar-refractivity contribution in [1.82, 2.24) is 4.98 Å². The molecule has 4 heteroatoms. The van der Waals surface area contributed by atoms with Crippen molar-refractivity contribution >= 4 is 28.3 Å². The van der Waals surface area contributed by atoms with E-state index in [-0.39, 0.29) is 11.3 Å². The minimum absolute atomic E-state index is 0.0958. The Hall–Kier alpha value is -2.91. The largest absolute Gasteiger partial charge is 0.321 e. The van der Waals surface area contributed by atoms with Crippen molar-refractivity contribution in [2.75, 3.05) is 0 Å². The number of aromatic nitrogens is 1. The summed E-state index contributed by atoms with van der Waals surface area (Å²) in [5.41, 5.74) is 2.40. The molecule has 0 unspecified atom stereocenters. The van der Waals surface area contributed by atoms with Gasteiger partial charge in [0.25, 0.3) is 5.56 Å². The van der Waals surface area contributed by atoms with Gasteiger partial charge < -0.3 is 4.98 Å². The van der Waals surface area contributed by atoms with Crippen LogP contribution in [-0.2, 0) is 0 Å². The summed E-state index contributed by atoms with van der Waals surface area (Å²) >= 11 is 6.15. The lowest BCUT2D eigenvalue weighted by Crippen LogP contribution is -2.18. The monoisotopic (exact) mass is 349 g/mol. The molecular weight excluding hydrogens is 334 g/mol. The Morgan fingerprint density at radius 2 is 1.84 bits per heavy atom. The second-order valence-electron chi connectivity index (χ2n) is 5.80. The number of fused-ring (bicyclic) bond motifs is 1. The third-order valence-electron chi connectivity index (χ3n) is 3.80. The second kappa shape index (κ2) is 6.91. The molecule has 0 atom stereocenters. The van der Waals surface area contributed by atoms with Gasteiger partial charge in [-0.05, 0) is 36.8 Å². The lowest BCUT2D eigenvalue weighted by Gasteiger charge is -2.11. The van der Waals surface area contributed by atoms with Gasteiger partial charge in [-0.3, -0.25) is 9.59 Å². The minimum atomic E-state index is -0.426.